The molecule has 0 aliphatic heterocycles. The molecule has 1 amide bonds. The molecule has 1 atom stereocenters. The first kappa shape index (κ1) is 12.1. The van der Waals surface area contributed by atoms with E-state index in [0.717, 1.165) is 12.7 Å². The zero-order valence-corrected chi connectivity index (χ0v) is 8.89. The van der Waals surface area contributed by atoms with E-state index in [1.165, 1.54) is 0 Å². The number of carbonyl (C=O) groups is 2. The van der Waals surface area contributed by atoms with Gasteiger partial charge in [0.05, 0.1) is 0 Å². The molecular formula is C10H19NO2. The summed E-state index contributed by atoms with van der Waals surface area (Å²) in [5.74, 6) is -0.0253. The Morgan fingerprint density at radius 1 is 1.54 bits per heavy atom. The summed E-state index contributed by atoms with van der Waals surface area (Å²) in [6.07, 6.45) is 2.31. The number of hydrogen-bond acceptors (Lipinski definition) is 2. The van der Waals surface area contributed by atoms with Crippen molar-refractivity contribution < 1.29 is 9.59 Å². The highest BCUT2D eigenvalue weighted by atomic mass is 16.1. The first-order valence-electron chi connectivity index (χ1n) is 4.64. The number of hydrogen-bond donors (Lipinski definition) is 1. The number of nitrogens with one attached hydrogen (secondary N) is 1. The van der Waals surface area contributed by atoms with Crippen molar-refractivity contribution in [3.8, 4) is 0 Å². The molecule has 0 fully saturated rings. The Balaban J connectivity index is 4.28. The van der Waals surface area contributed by atoms with Crippen molar-refractivity contribution >= 4 is 12.2 Å². The lowest BCUT2D eigenvalue weighted by Gasteiger charge is -2.22. The number of carbonyl (C=O) groups excluding carboxylic acids is 2. The fourth-order valence-electron chi connectivity index (χ4n) is 1.31. The van der Waals surface area contributed by atoms with Crippen LogP contribution in [0.5, 0.6) is 0 Å². The van der Waals surface area contributed by atoms with E-state index in [-0.39, 0.29) is 11.8 Å². The van der Waals surface area contributed by atoms with Gasteiger partial charge in [0.25, 0.3) is 0 Å². The summed E-state index contributed by atoms with van der Waals surface area (Å²) in [5.41, 5.74) is -0.396. The van der Waals surface area contributed by atoms with Crippen LogP contribution in [0.4, 0.5) is 0 Å². The maximum atomic E-state index is 11.3. The number of rotatable bonds is 5. The lowest BCUT2D eigenvalue weighted by Crippen LogP contribution is -2.31. The molecule has 0 aliphatic rings. The lowest BCUT2D eigenvalue weighted by molar-refractivity contribution is -0.126. The molecule has 0 bridgehead atoms. The van der Waals surface area contributed by atoms with E-state index in [1.807, 2.05) is 20.8 Å². The number of amides is 1. The molecular weight excluding hydrogens is 166 g/mol. The monoisotopic (exact) mass is 185 g/mol. The van der Waals surface area contributed by atoms with Gasteiger partial charge in [-0.05, 0) is 12.8 Å². The molecule has 13 heavy (non-hydrogen) atoms. The topological polar surface area (TPSA) is 46.2 Å². The highest BCUT2D eigenvalue weighted by molar-refractivity contribution is 5.78. The molecule has 0 saturated carbocycles. The molecule has 1 unspecified atom stereocenters. The molecule has 0 radical (unpaired) electrons. The van der Waals surface area contributed by atoms with Gasteiger partial charge in [0.2, 0.25) is 5.91 Å². The highest BCUT2D eigenvalue weighted by Gasteiger charge is 2.25. The summed E-state index contributed by atoms with van der Waals surface area (Å²) in [4.78, 5) is 22.0. The minimum atomic E-state index is -0.396. The van der Waals surface area contributed by atoms with Gasteiger partial charge in [0.15, 0.2) is 0 Å². The van der Waals surface area contributed by atoms with Crippen molar-refractivity contribution in [2.45, 2.75) is 33.6 Å². The fraction of sp³-hybridized carbons (Fsp3) is 0.800. The second-order valence-electron chi connectivity index (χ2n) is 4.03. The van der Waals surface area contributed by atoms with Crippen molar-refractivity contribution in [2.75, 3.05) is 7.05 Å². The standard InChI is InChI=1S/C10H19NO2/c1-5-8(9(13)11-4)6-10(2,3)7-12/h7-8H,5-6H2,1-4H3,(H,11,13). The molecule has 3 nitrogen and oxygen atoms in total. The minimum absolute atomic E-state index is 0.0254. The van der Waals surface area contributed by atoms with E-state index in [4.69, 9.17) is 0 Å². The summed E-state index contributed by atoms with van der Waals surface area (Å²) in [6, 6.07) is 0. The molecule has 1 N–H and O–H groups in total. The van der Waals surface area contributed by atoms with E-state index in [0.29, 0.717) is 6.42 Å². The molecule has 0 spiro atoms. The van der Waals surface area contributed by atoms with Gasteiger partial charge < -0.3 is 10.1 Å². The largest absolute Gasteiger partial charge is 0.359 e. The second-order valence-corrected chi connectivity index (χ2v) is 4.03. The van der Waals surface area contributed by atoms with Gasteiger partial charge in [0, 0.05) is 18.4 Å². The molecule has 76 valence electrons. The Bertz CT molecular complexity index is 187. The lowest BCUT2D eigenvalue weighted by atomic mass is 9.82. The van der Waals surface area contributed by atoms with Gasteiger partial charge in [-0.3, -0.25) is 4.79 Å². The molecule has 0 rings (SSSR count). The average Bonchev–Trinajstić information content (AvgIpc) is 2.13. The molecule has 0 aromatic heterocycles. The van der Waals surface area contributed by atoms with Crippen molar-refractivity contribution in [3.05, 3.63) is 0 Å². The van der Waals surface area contributed by atoms with Crippen LogP contribution in [0.15, 0.2) is 0 Å². The van der Waals surface area contributed by atoms with Gasteiger partial charge in [-0.1, -0.05) is 20.8 Å². The quantitative estimate of drug-likeness (QED) is 0.658. The van der Waals surface area contributed by atoms with E-state index in [1.54, 1.807) is 7.05 Å². The highest BCUT2D eigenvalue weighted by Crippen LogP contribution is 2.24. The van der Waals surface area contributed by atoms with Gasteiger partial charge in [-0.15, -0.1) is 0 Å². The zero-order chi connectivity index (χ0) is 10.5. The van der Waals surface area contributed by atoms with E-state index < -0.39 is 5.41 Å². The van der Waals surface area contributed by atoms with Crippen molar-refractivity contribution in [1.82, 2.24) is 5.32 Å². The molecule has 3 heteroatoms. The first-order valence-corrected chi connectivity index (χ1v) is 4.64. The van der Waals surface area contributed by atoms with Crippen molar-refractivity contribution in [2.24, 2.45) is 11.3 Å². The van der Waals surface area contributed by atoms with Crippen LogP contribution in [0.3, 0.4) is 0 Å². The van der Waals surface area contributed by atoms with Gasteiger partial charge in [-0.2, -0.15) is 0 Å². The number of aldehydes is 1. The van der Waals surface area contributed by atoms with E-state index in [2.05, 4.69) is 5.32 Å². The van der Waals surface area contributed by atoms with Crippen LogP contribution in [-0.2, 0) is 9.59 Å². The third-order valence-corrected chi connectivity index (χ3v) is 2.20. The maximum Gasteiger partial charge on any atom is 0.222 e. The van der Waals surface area contributed by atoms with Crippen LogP contribution in [0.25, 0.3) is 0 Å². The summed E-state index contributed by atoms with van der Waals surface area (Å²) in [7, 11) is 1.62. The Kier molecular flexibility index (Phi) is 4.67. The van der Waals surface area contributed by atoms with Crippen LogP contribution in [-0.4, -0.2) is 19.2 Å². The third-order valence-electron chi connectivity index (χ3n) is 2.20. The first-order chi connectivity index (χ1) is 5.96. The summed E-state index contributed by atoms with van der Waals surface area (Å²) in [6.45, 7) is 5.66. The smallest absolute Gasteiger partial charge is 0.222 e. The van der Waals surface area contributed by atoms with Crippen molar-refractivity contribution in [3.63, 3.8) is 0 Å². The van der Waals surface area contributed by atoms with E-state index in [9.17, 15) is 9.59 Å². The van der Waals surface area contributed by atoms with Gasteiger partial charge in [-0.25, -0.2) is 0 Å². The summed E-state index contributed by atoms with van der Waals surface area (Å²) in [5, 5.41) is 2.61. The molecule has 0 aromatic carbocycles. The Hall–Kier alpha value is -0.860. The van der Waals surface area contributed by atoms with Crippen molar-refractivity contribution in [1.29, 1.82) is 0 Å². The van der Waals surface area contributed by atoms with Crippen LogP contribution in [0, 0.1) is 11.3 Å². The SMILES string of the molecule is CCC(CC(C)(C)C=O)C(=O)NC. The average molecular weight is 185 g/mol. The maximum absolute atomic E-state index is 11.3. The predicted molar refractivity (Wildman–Crippen MR) is 52.3 cm³/mol. The zero-order valence-electron chi connectivity index (χ0n) is 8.89. The van der Waals surface area contributed by atoms with Gasteiger partial charge >= 0.3 is 0 Å². The Morgan fingerprint density at radius 2 is 2.08 bits per heavy atom. The fourth-order valence-corrected chi connectivity index (χ4v) is 1.31. The minimum Gasteiger partial charge on any atom is -0.359 e. The van der Waals surface area contributed by atoms with Crippen LogP contribution < -0.4 is 5.32 Å². The van der Waals surface area contributed by atoms with Gasteiger partial charge in [0.1, 0.15) is 6.29 Å². The normalized spacial score (nSPS) is 13.5. The van der Waals surface area contributed by atoms with E-state index >= 15 is 0 Å². The second kappa shape index (κ2) is 5.00. The molecule has 0 aromatic rings. The summed E-state index contributed by atoms with van der Waals surface area (Å²) < 4.78 is 0. The molecule has 0 heterocycles. The summed E-state index contributed by atoms with van der Waals surface area (Å²) >= 11 is 0. The van der Waals surface area contributed by atoms with Crippen LogP contribution >= 0.6 is 0 Å². The Morgan fingerprint density at radius 3 is 2.38 bits per heavy atom. The third kappa shape index (κ3) is 4.06. The molecule has 0 aliphatic carbocycles. The Labute approximate surface area is 79.9 Å². The van der Waals surface area contributed by atoms with Crippen LogP contribution in [0.1, 0.15) is 33.6 Å². The predicted octanol–water partition coefficient (Wildman–Crippen LogP) is 1.37. The molecule has 0 saturated heterocycles. The van der Waals surface area contributed by atoms with Crippen LogP contribution in [0.2, 0.25) is 0 Å².